The molecule has 0 radical (unpaired) electrons. The normalized spacial score (nSPS) is 11.5. The third-order valence-electron chi connectivity index (χ3n) is 4.76. The quantitative estimate of drug-likeness (QED) is 0.278. The Kier molecular flexibility index (Phi) is 4.58. The monoisotopic (exact) mass is 414 g/mol. The van der Waals surface area contributed by atoms with E-state index < -0.39 is 5.91 Å². The van der Waals surface area contributed by atoms with E-state index in [1.54, 1.807) is 24.3 Å². The molecule has 0 unspecified atom stereocenters. The fourth-order valence-corrected chi connectivity index (χ4v) is 3.43. The lowest BCUT2D eigenvalue weighted by Gasteiger charge is -1.96. The first kappa shape index (κ1) is 18.2. The number of furan rings is 2. The van der Waals surface area contributed by atoms with Crippen molar-refractivity contribution in [2.45, 2.75) is 0 Å². The smallest absolute Gasteiger partial charge is 0.307 e. The molecular weight excluding hydrogens is 400 g/mol. The molecule has 2 aromatic heterocycles. The van der Waals surface area contributed by atoms with Crippen LogP contribution in [0, 0.1) is 0 Å². The molecule has 0 bridgehead atoms. The minimum absolute atomic E-state index is 0.194. The van der Waals surface area contributed by atoms with Crippen LogP contribution in [-0.4, -0.2) is 12.1 Å². The highest BCUT2D eigenvalue weighted by Gasteiger charge is 2.13. The van der Waals surface area contributed by atoms with Gasteiger partial charge in [-0.3, -0.25) is 4.79 Å². The largest absolute Gasteiger partial charge is 0.455 e. The first-order valence-electron chi connectivity index (χ1n) is 9.28. The average Bonchev–Trinajstić information content (AvgIpc) is 3.41. The van der Waals surface area contributed by atoms with Crippen molar-refractivity contribution < 1.29 is 13.6 Å². The van der Waals surface area contributed by atoms with Crippen LogP contribution in [0.15, 0.2) is 92.8 Å². The van der Waals surface area contributed by atoms with Crippen LogP contribution < -0.4 is 5.43 Å². The Labute approximate surface area is 176 Å². The Morgan fingerprint density at radius 2 is 1.73 bits per heavy atom. The third-order valence-corrected chi connectivity index (χ3v) is 5.02. The summed E-state index contributed by atoms with van der Waals surface area (Å²) in [6.45, 7) is 0. The molecule has 0 aliphatic heterocycles. The summed E-state index contributed by atoms with van der Waals surface area (Å²) in [6, 6.07) is 24.4. The Morgan fingerprint density at radius 3 is 2.60 bits per heavy atom. The fourth-order valence-electron chi connectivity index (χ4n) is 3.31. The van der Waals surface area contributed by atoms with E-state index >= 15 is 0 Å². The molecule has 146 valence electrons. The number of carbonyl (C=O) groups is 1. The maximum absolute atomic E-state index is 12.4. The van der Waals surface area contributed by atoms with Gasteiger partial charge in [0.25, 0.3) is 0 Å². The predicted molar refractivity (Wildman–Crippen MR) is 118 cm³/mol. The van der Waals surface area contributed by atoms with Crippen LogP contribution in [0.1, 0.15) is 16.3 Å². The van der Waals surface area contributed by atoms with E-state index in [0.717, 1.165) is 21.7 Å². The summed E-state index contributed by atoms with van der Waals surface area (Å²) >= 11 is 5.91. The van der Waals surface area contributed by atoms with Crippen LogP contribution >= 0.6 is 11.6 Å². The van der Waals surface area contributed by atoms with Gasteiger partial charge in [0.2, 0.25) is 0 Å². The summed E-state index contributed by atoms with van der Waals surface area (Å²) in [4.78, 5) is 12.4. The van der Waals surface area contributed by atoms with Crippen LogP contribution in [0.5, 0.6) is 0 Å². The van der Waals surface area contributed by atoms with Gasteiger partial charge in [-0.05, 0) is 59.3 Å². The molecule has 0 aliphatic rings. The molecule has 5 nitrogen and oxygen atoms in total. The van der Waals surface area contributed by atoms with Gasteiger partial charge in [-0.15, -0.1) is 0 Å². The summed E-state index contributed by atoms with van der Waals surface area (Å²) in [7, 11) is 0. The molecule has 5 rings (SSSR count). The Hall–Kier alpha value is -3.83. The first-order chi connectivity index (χ1) is 14.7. The van der Waals surface area contributed by atoms with E-state index in [-0.39, 0.29) is 5.76 Å². The Morgan fingerprint density at radius 1 is 0.900 bits per heavy atom. The SMILES string of the molecule is O=C(N/N=C\c1ccc(-c2ccc(Cl)cc2)o1)c1cc2c(ccc3ccccc32)o1. The summed E-state index contributed by atoms with van der Waals surface area (Å²) in [5.41, 5.74) is 4.03. The van der Waals surface area contributed by atoms with Gasteiger partial charge >= 0.3 is 5.91 Å². The van der Waals surface area contributed by atoms with Crippen molar-refractivity contribution in [2.24, 2.45) is 5.10 Å². The molecule has 0 spiro atoms. The Bertz CT molecular complexity index is 1400. The van der Waals surface area contributed by atoms with E-state index in [1.165, 1.54) is 6.21 Å². The molecule has 0 aliphatic carbocycles. The molecule has 0 saturated carbocycles. The molecule has 0 fully saturated rings. The van der Waals surface area contributed by atoms with E-state index in [9.17, 15) is 4.79 Å². The van der Waals surface area contributed by atoms with Crippen molar-refractivity contribution >= 4 is 45.5 Å². The fraction of sp³-hybridized carbons (Fsp3) is 0. The van der Waals surface area contributed by atoms with Gasteiger partial charge in [0, 0.05) is 16.0 Å². The minimum atomic E-state index is -0.434. The van der Waals surface area contributed by atoms with Gasteiger partial charge in [-0.25, -0.2) is 5.43 Å². The summed E-state index contributed by atoms with van der Waals surface area (Å²) in [5.74, 6) is 0.954. The molecule has 1 N–H and O–H groups in total. The number of carbonyl (C=O) groups excluding carboxylic acids is 1. The number of hydrogen-bond donors (Lipinski definition) is 1. The average molecular weight is 415 g/mol. The standard InChI is InChI=1S/C24H15ClN2O3/c25-17-8-5-16(6-9-17)21-12-10-18(29-21)14-26-27-24(28)23-13-20-19-4-2-1-3-15(19)7-11-22(20)30-23/h1-14H,(H,27,28)/b26-14-. The summed E-state index contributed by atoms with van der Waals surface area (Å²) in [5, 5.41) is 7.64. The number of halogens is 1. The highest BCUT2D eigenvalue weighted by Crippen LogP contribution is 2.28. The number of fused-ring (bicyclic) bond motifs is 3. The first-order valence-corrected chi connectivity index (χ1v) is 9.66. The lowest BCUT2D eigenvalue weighted by molar-refractivity contribution is 0.0929. The molecule has 0 saturated heterocycles. The zero-order chi connectivity index (χ0) is 20.5. The molecular formula is C24H15ClN2O3. The van der Waals surface area contributed by atoms with E-state index in [1.807, 2.05) is 54.6 Å². The van der Waals surface area contributed by atoms with Gasteiger partial charge in [0.1, 0.15) is 17.1 Å². The topological polar surface area (TPSA) is 67.7 Å². The van der Waals surface area contributed by atoms with Gasteiger partial charge in [-0.2, -0.15) is 5.10 Å². The van der Waals surface area contributed by atoms with Crippen LogP contribution in [-0.2, 0) is 0 Å². The van der Waals surface area contributed by atoms with Crippen LogP contribution in [0.3, 0.4) is 0 Å². The number of nitrogens with one attached hydrogen (secondary N) is 1. The van der Waals surface area contributed by atoms with Crippen molar-refractivity contribution in [2.75, 3.05) is 0 Å². The molecule has 30 heavy (non-hydrogen) atoms. The van der Waals surface area contributed by atoms with E-state index in [0.29, 0.717) is 22.1 Å². The van der Waals surface area contributed by atoms with Crippen LogP contribution in [0.4, 0.5) is 0 Å². The maximum atomic E-state index is 12.4. The predicted octanol–water partition coefficient (Wildman–Crippen LogP) is 6.26. The van der Waals surface area contributed by atoms with Gasteiger partial charge < -0.3 is 8.83 Å². The lowest BCUT2D eigenvalue weighted by Crippen LogP contribution is -2.16. The number of benzene rings is 3. The van der Waals surface area contributed by atoms with E-state index in [2.05, 4.69) is 10.5 Å². The van der Waals surface area contributed by atoms with Gasteiger partial charge in [0.05, 0.1) is 6.21 Å². The van der Waals surface area contributed by atoms with Gasteiger partial charge in [-0.1, -0.05) is 41.9 Å². The van der Waals surface area contributed by atoms with Crippen molar-refractivity contribution in [1.82, 2.24) is 5.43 Å². The number of hydrazone groups is 1. The van der Waals surface area contributed by atoms with E-state index in [4.69, 9.17) is 20.4 Å². The maximum Gasteiger partial charge on any atom is 0.307 e. The molecule has 2 heterocycles. The molecule has 3 aromatic carbocycles. The molecule has 0 atom stereocenters. The van der Waals surface area contributed by atoms with Crippen molar-refractivity contribution in [3.8, 4) is 11.3 Å². The number of nitrogens with zero attached hydrogens (tertiary/aromatic N) is 1. The second kappa shape index (κ2) is 7.54. The van der Waals surface area contributed by atoms with Crippen LogP contribution in [0.25, 0.3) is 33.1 Å². The summed E-state index contributed by atoms with van der Waals surface area (Å²) in [6.07, 6.45) is 1.44. The number of amides is 1. The molecule has 5 aromatic rings. The molecule has 6 heteroatoms. The number of rotatable bonds is 4. The van der Waals surface area contributed by atoms with Crippen LogP contribution in [0.2, 0.25) is 5.02 Å². The minimum Gasteiger partial charge on any atom is -0.455 e. The zero-order valence-electron chi connectivity index (χ0n) is 15.6. The second-order valence-electron chi connectivity index (χ2n) is 6.72. The molecule has 1 amide bonds. The third kappa shape index (κ3) is 3.47. The highest BCUT2D eigenvalue weighted by atomic mass is 35.5. The second-order valence-corrected chi connectivity index (χ2v) is 7.15. The zero-order valence-corrected chi connectivity index (χ0v) is 16.4. The summed E-state index contributed by atoms with van der Waals surface area (Å²) < 4.78 is 11.4. The highest BCUT2D eigenvalue weighted by molar-refractivity contribution is 6.30. The van der Waals surface area contributed by atoms with Gasteiger partial charge in [0.15, 0.2) is 5.76 Å². The number of hydrogen-bond acceptors (Lipinski definition) is 4. The van der Waals surface area contributed by atoms with Crippen molar-refractivity contribution in [3.63, 3.8) is 0 Å². The van der Waals surface area contributed by atoms with Crippen molar-refractivity contribution in [1.29, 1.82) is 0 Å². The Balaban J connectivity index is 1.32. The van der Waals surface area contributed by atoms with Crippen molar-refractivity contribution in [3.05, 3.63) is 95.4 Å². The lowest BCUT2D eigenvalue weighted by atomic mass is 10.1.